The Morgan fingerprint density at radius 2 is 1.87 bits per heavy atom. The van der Waals surface area contributed by atoms with Gasteiger partial charge in [-0.05, 0) is 24.7 Å². The van der Waals surface area contributed by atoms with Crippen LogP contribution in [-0.4, -0.2) is 18.0 Å². The first kappa shape index (κ1) is 12.2. The number of esters is 1. The zero-order valence-corrected chi connectivity index (χ0v) is 9.81. The fraction of sp³-hybridized carbons (Fsp3) is 0.333. The Hall–Kier alpha value is -0.880. The number of ether oxygens (including phenoxy) is 1. The van der Waals surface area contributed by atoms with E-state index in [1.165, 1.54) is 23.5 Å². The molecule has 0 unspecified atom stereocenters. The van der Waals surface area contributed by atoms with Gasteiger partial charge in [0.1, 0.15) is 5.57 Å². The van der Waals surface area contributed by atoms with E-state index in [9.17, 15) is 14.7 Å². The molecule has 0 aromatic heterocycles. The summed E-state index contributed by atoms with van der Waals surface area (Å²) in [5.41, 5.74) is -0.399. The molecule has 1 aliphatic rings. The summed E-state index contributed by atoms with van der Waals surface area (Å²) < 4.78 is 5.20. The predicted molar refractivity (Wildman–Crippen MR) is 57.6 cm³/mol. The van der Waals surface area contributed by atoms with E-state index in [0.717, 1.165) is 0 Å². The number of aliphatic carboxylic acids is 1. The van der Waals surface area contributed by atoms with Crippen molar-refractivity contribution >= 4 is 35.5 Å². The zero-order chi connectivity index (χ0) is 11.4. The lowest BCUT2D eigenvalue weighted by Crippen LogP contribution is -2.31. The number of carbonyl (C=O) groups excluding carboxylic acids is 2. The van der Waals surface area contributed by atoms with Crippen molar-refractivity contribution in [1.29, 1.82) is 0 Å². The van der Waals surface area contributed by atoms with Gasteiger partial charge in [-0.3, -0.25) is 0 Å². The Balaban J connectivity index is 2.88. The number of carboxylic acids is 1. The van der Waals surface area contributed by atoms with Crippen LogP contribution in [-0.2, 0) is 14.3 Å². The molecule has 0 aliphatic carbocycles. The van der Waals surface area contributed by atoms with Gasteiger partial charge in [0, 0.05) is 0 Å². The number of carbonyl (C=O) groups is 2. The molecule has 15 heavy (non-hydrogen) atoms. The van der Waals surface area contributed by atoms with Gasteiger partial charge < -0.3 is 14.6 Å². The molecule has 6 heteroatoms. The molecule has 82 valence electrons. The maximum Gasteiger partial charge on any atom is 0.341 e. The summed E-state index contributed by atoms with van der Waals surface area (Å²) >= 11 is 2.35. The van der Waals surface area contributed by atoms with E-state index in [1.807, 2.05) is 0 Å². The average Bonchev–Trinajstić information content (AvgIpc) is 2.54. The molecule has 1 rings (SSSR count). The minimum Gasteiger partial charge on any atom is -0.544 e. The van der Waals surface area contributed by atoms with Crippen LogP contribution in [0, 0.1) is 0 Å². The maximum atomic E-state index is 11.4. The van der Waals surface area contributed by atoms with Crippen LogP contribution < -0.4 is 5.11 Å². The number of thioether (sulfide) groups is 2. The Morgan fingerprint density at radius 1 is 1.33 bits per heavy atom. The van der Waals surface area contributed by atoms with Crippen molar-refractivity contribution in [2.75, 3.05) is 0 Å². The molecule has 0 spiro atoms. The summed E-state index contributed by atoms with van der Waals surface area (Å²) in [6.07, 6.45) is -0.350. The number of hydrogen-bond donors (Lipinski definition) is 0. The molecular formula is C9H9O4S2-. The maximum absolute atomic E-state index is 11.4. The first-order chi connectivity index (χ1) is 7.02. The number of carboxylic acid groups (broad SMARTS) is 1. The lowest BCUT2D eigenvalue weighted by Gasteiger charge is -2.13. The van der Waals surface area contributed by atoms with Gasteiger partial charge in [0.25, 0.3) is 0 Å². The molecule has 0 saturated heterocycles. The quantitative estimate of drug-likeness (QED) is 0.318. The molecule has 1 aliphatic heterocycles. The highest BCUT2D eigenvalue weighted by Gasteiger charge is 2.21. The van der Waals surface area contributed by atoms with Gasteiger partial charge in [0.05, 0.1) is 16.3 Å². The first-order valence-electron chi connectivity index (χ1n) is 4.17. The molecule has 1 heterocycles. The van der Waals surface area contributed by atoms with E-state index < -0.39 is 17.5 Å². The third-order valence-corrected chi connectivity index (χ3v) is 3.49. The van der Waals surface area contributed by atoms with Crippen molar-refractivity contribution < 1.29 is 19.4 Å². The summed E-state index contributed by atoms with van der Waals surface area (Å²) in [7, 11) is 0. The second-order valence-corrected chi connectivity index (χ2v) is 5.00. The van der Waals surface area contributed by atoms with Crippen LogP contribution in [0.2, 0.25) is 0 Å². The minimum absolute atomic E-state index is 0.350. The third-order valence-electron chi connectivity index (χ3n) is 1.36. The van der Waals surface area contributed by atoms with Crippen molar-refractivity contribution in [3.63, 3.8) is 0 Å². The second-order valence-electron chi connectivity index (χ2n) is 2.91. The fourth-order valence-corrected chi connectivity index (χ4v) is 2.66. The SMILES string of the molecule is CC(C)OC(=O)C(C(=O)[O-])=C1SC=CS1. The highest BCUT2D eigenvalue weighted by molar-refractivity contribution is 8.27. The lowest BCUT2D eigenvalue weighted by molar-refractivity contribution is -0.299. The van der Waals surface area contributed by atoms with Crippen molar-refractivity contribution in [2.45, 2.75) is 20.0 Å². The standard InChI is InChI=1S/C9H10O4S2/c1-5(2)13-8(12)6(7(10)11)9-14-3-4-15-9/h3-5H,1-2H3,(H,10,11)/p-1. The summed E-state index contributed by atoms with van der Waals surface area (Å²) in [4.78, 5) is 22.2. The van der Waals surface area contributed by atoms with Crippen LogP contribution in [0.15, 0.2) is 20.6 Å². The summed E-state index contributed by atoms with van der Waals surface area (Å²) in [5, 5.41) is 14.2. The van der Waals surface area contributed by atoms with Crippen molar-refractivity contribution in [1.82, 2.24) is 0 Å². The molecule has 0 N–H and O–H groups in total. The van der Waals surface area contributed by atoms with E-state index in [-0.39, 0.29) is 6.10 Å². The molecule has 0 aromatic carbocycles. The highest BCUT2D eigenvalue weighted by atomic mass is 32.2. The number of rotatable bonds is 3. The van der Waals surface area contributed by atoms with Gasteiger partial charge >= 0.3 is 5.97 Å². The molecular weight excluding hydrogens is 236 g/mol. The predicted octanol–water partition coefficient (Wildman–Crippen LogP) is 0.851. The summed E-state index contributed by atoms with van der Waals surface area (Å²) in [6.45, 7) is 3.31. The summed E-state index contributed by atoms with van der Waals surface area (Å²) in [6, 6.07) is 0. The first-order valence-corrected chi connectivity index (χ1v) is 5.93. The Labute approximate surface area is 95.8 Å². The second kappa shape index (κ2) is 5.27. The van der Waals surface area contributed by atoms with E-state index in [2.05, 4.69) is 0 Å². The van der Waals surface area contributed by atoms with E-state index >= 15 is 0 Å². The van der Waals surface area contributed by atoms with Gasteiger partial charge in [0.15, 0.2) is 0 Å². The van der Waals surface area contributed by atoms with Crippen LogP contribution in [0.4, 0.5) is 0 Å². The Morgan fingerprint density at radius 3 is 2.27 bits per heavy atom. The minimum atomic E-state index is -1.50. The highest BCUT2D eigenvalue weighted by Crippen LogP contribution is 2.40. The van der Waals surface area contributed by atoms with Crippen molar-refractivity contribution in [3.8, 4) is 0 Å². The topological polar surface area (TPSA) is 66.4 Å². The lowest BCUT2D eigenvalue weighted by atomic mass is 10.3. The van der Waals surface area contributed by atoms with E-state index in [4.69, 9.17) is 4.74 Å². The van der Waals surface area contributed by atoms with Gasteiger partial charge in [-0.2, -0.15) is 0 Å². The van der Waals surface area contributed by atoms with Crippen molar-refractivity contribution in [3.05, 3.63) is 20.6 Å². The average molecular weight is 245 g/mol. The van der Waals surface area contributed by atoms with E-state index in [1.54, 1.807) is 24.7 Å². The normalized spacial score (nSPS) is 14.5. The summed E-state index contributed by atoms with van der Waals surface area (Å²) in [5.74, 6) is -2.34. The molecule has 0 amide bonds. The monoisotopic (exact) mass is 245 g/mol. The van der Waals surface area contributed by atoms with Crippen LogP contribution >= 0.6 is 23.5 Å². The van der Waals surface area contributed by atoms with Gasteiger partial charge in [-0.25, -0.2) is 4.79 Å². The zero-order valence-electron chi connectivity index (χ0n) is 8.18. The Bertz CT molecular complexity index is 334. The van der Waals surface area contributed by atoms with Crippen LogP contribution in [0.3, 0.4) is 0 Å². The molecule has 0 radical (unpaired) electrons. The Kier molecular flexibility index (Phi) is 4.28. The molecule has 0 saturated carbocycles. The largest absolute Gasteiger partial charge is 0.544 e. The van der Waals surface area contributed by atoms with Gasteiger partial charge in [-0.15, -0.1) is 0 Å². The van der Waals surface area contributed by atoms with Crippen LogP contribution in [0.5, 0.6) is 0 Å². The van der Waals surface area contributed by atoms with Crippen LogP contribution in [0.25, 0.3) is 0 Å². The number of hydrogen-bond acceptors (Lipinski definition) is 6. The molecule has 0 aromatic rings. The molecule has 4 nitrogen and oxygen atoms in total. The van der Waals surface area contributed by atoms with Gasteiger partial charge in [-0.1, -0.05) is 23.5 Å². The van der Waals surface area contributed by atoms with Crippen molar-refractivity contribution in [2.24, 2.45) is 0 Å². The van der Waals surface area contributed by atoms with E-state index in [0.29, 0.717) is 4.24 Å². The molecule has 0 atom stereocenters. The molecule has 0 bridgehead atoms. The molecule has 0 fully saturated rings. The fourth-order valence-electron chi connectivity index (χ4n) is 0.848. The third kappa shape index (κ3) is 3.32. The smallest absolute Gasteiger partial charge is 0.341 e. The van der Waals surface area contributed by atoms with Gasteiger partial charge in [0.2, 0.25) is 0 Å². The van der Waals surface area contributed by atoms with Crippen LogP contribution in [0.1, 0.15) is 13.8 Å².